The number of carbonyl (C=O) groups excluding carboxylic acids is 2. The Morgan fingerprint density at radius 2 is 0.927 bits per heavy atom. The highest BCUT2D eigenvalue weighted by Crippen LogP contribution is 2.17. The molecule has 1 amide bonds. The molecule has 0 aromatic carbocycles. The molecule has 0 spiro atoms. The van der Waals surface area contributed by atoms with Crippen LogP contribution in [0.4, 0.5) is 0 Å². The Bertz CT molecular complexity index is 873. The second kappa shape index (κ2) is 43.5. The molecule has 0 aromatic heterocycles. The van der Waals surface area contributed by atoms with Crippen LogP contribution in [0.5, 0.6) is 0 Å². The van der Waals surface area contributed by atoms with E-state index >= 15 is 0 Å². The fraction of sp³-hybridized carbons (Fsp3) is 0.878. The first-order valence-electron chi connectivity index (χ1n) is 24.1. The van der Waals surface area contributed by atoms with Gasteiger partial charge < -0.3 is 20.3 Å². The molecular weight excluding hydrogens is 683 g/mol. The van der Waals surface area contributed by atoms with Crippen molar-refractivity contribution in [1.29, 1.82) is 0 Å². The summed E-state index contributed by atoms with van der Waals surface area (Å²) in [6.07, 6.45) is 48.2. The lowest BCUT2D eigenvalue weighted by Gasteiger charge is -2.24. The number of nitrogens with one attached hydrogen (secondary N) is 1. The first-order chi connectivity index (χ1) is 27.0. The second-order valence-corrected chi connectivity index (χ2v) is 16.5. The maximum atomic E-state index is 13.1. The monoisotopic (exact) mass is 776 g/mol. The fourth-order valence-electron chi connectivity index (χ4n) is 7.37. The van der Waals surface area contributed by atoms with Gasteiger partial charge >= 0.3 is 5.97 Å². The van der Waals surface area contributed by atoms with Gasteiger partial charge in [-0.3, -0.25) is 9.59 Å². The quantitative estimate of drug-likeness (QED) is 0.0326. The van der Waals surface area contributed by atoms with Gasteiger partial charge in [-0.1, -0.05) is 218 Å². The van der Waals surface area contributed by atoms with Gasteiger partial charge in [0.2, 0.25) is 5.91 Å². The third-order valence-corrected chi connectivity index (χ3v) is 11.0. The first-order valence-corrected chi connectivity index (χ1v) is 24.1. The molecule has 0 rings (SSSR count). The predicted octanol–water partition coefficient (Wildman–Crippen LogP) is 14.0. The van der Waals surface area contributed by atoms with Crippen LogP contribution in [0, 0.1) is 0 Å². The Hall–Kier alpha value is -1.66. The van der Waals surface area contributed by atoms with Crippen molar-refractivity contribution in [1.82, 2.24) is 5.32 Å². The third-order valence-electron chi connectivity index (χ3n) is 11.0. The van der Waals surface area contributed by atoms with Crippen LogP contribution >= 0.6 is 0 Å². The van der Waals surface area contributed by atoms with E-state index in [1.165, 1.54) is 148 Å². The number of esters is 1. The summed E-state index contributed by atoms with van der Waals surface area (Å²) in [6.45, 7) is 6.45. The van der Waals surface area contributed by atoms with E-state index in [0.29, 0.717) is 25.7 Å². The van der Waals surface area contributed by atoms with Gasteiger partial charge in [-0.25, -0.2) is 0 Å². The van der Waals surface area contributed by atoms with Crippen LogP contribution in [0.2, 0.25) is 0 Å². The van der Waals surface area contributed by atoms with E-state index in [4.69, 9.17) is 4.74 Å². The van der Waals surface area contributed by atoms with Crippen LogP contribution in [0.1, 0.15) is 252 Å². The summed E-state index contributed by atoms with van der Waals surface area (Å²) in [5, 5.41) is 23.7. The highest BCUT2D eigenvalue weighted by Gasteiger charge is 2.24. The highest BCUT2D eigenvalue weighted by molar-refractivity contribution is 5.77. The molecule has 3 atom stereocenters. The van der Waals surface area contributed by atoms with Crippen LogP contribution in [0.15, 0.2) is 24.3 Å². The zero-order valence-electron chi connectivity index (χ0n) is 36.8. The van der Waals surface area contributed by atoms with Crippen molar-refractivity contribution in [2.45, 2.75) is 270 Å². The lowest BCUT2D eigenvalue weighted by atomic mass is 10.0. The summed E-state index contributed by atoms with van der Waals surface area (Å²) >= 11 is 0. The Morgan fingerprint density at radius 3 is 1.38 bits per heavy atom. The maximum Gasteiger partial charge on any atom is 0.306 e. The Kier molecular flexibility index (Phi) is 42.2. The third kappa shape index (κ3) is 39.0. The van der Waals surface area contributed by atoms with Crippen LogP contribution < -0.4 is 5.32 Å². The minimum absolute atomic E-state index is 0.0596. The SMILES string of the molecule is CCCCCCCC/C=C\C/C=C/CCC(=O)OC(CCCCCCCCCCC)CC(=O)NC(CO)C(O)CCCCCCCCCCCCCCCC. The second-order valence-electron chi connectivity index (χ2n) is 16.5. The van der Waals surface area contributed by atoms with Crippen LogP contribution in [0.25, 0.3) is 0 Å². The number of ether oxygens (including phenoxy) is 1. The number of unbranched alkanes of at least 4 members (excludes halogenated alkanes) is 27. The largest absolute Gasteiger partial charge is 0.462 e. The number of hydrogen-bond donors (Lipinski definition) is 3. The van der Waals surface area contributed by atoms with Gasteiger partial charge in [-0.15, -0.1) is 0 Å². The van der Waals surface area contributed by atoms with Gasteiger partial charge in [0.25, 0.3) is 0 Å². The predicted molar refractivity (Wildman–Crippen MR) is 236 cm³/mol. The number of aliphatic hydroxyl groups is 2. The van der Waals surface area contributed by atoms with Crippen LogP contribution in [0.3, 0.4) is 0 Å². The smallest absolute Gasteiger partial charge is 0.306 e. The molecule has 6 heteroatoms. The van der Waals surface area contributed by atoms with Crippen LogP contribution in [-0.2, 0) is 14.3 Å². The van der Waals surface area contributed by atoms with Crippen molar-refractivity contribution < 1.29 is 24.5 Å². The maximum absolute atomic E-state index is 13.1. The molecule has 0 aromatic rings. The molecule has 0 saturated carbocycles. The Labute approximate surface area is 341 Å². The average molecular weight is 776 g/mol. The normalized spacial score (nSPS) is 13.5. The van der Waals surface area contributed by atoms with E-state index in [2.05, 4.69) is 44.3 Å². The van der Waals surface area contributed by atoms with Crippen molar-refractivity contribution in [2.24, 2.45) is 0 Å². The Morgan fingerprint density at radius 1 is 0.527 bits per heavy atom. The number of amides is 1. The van der Waals surface area contributed by atoms with E-state index in [9.17, 15) is 19.8 Å². The van der Waals surface area contributed by atoms with Gasteiger partial charge in [0.05, 0.1) is 25.2 Å². The summed E-state index contributed by atoms with van der Waals surface area (Å²) in [4.78, 5) is 25.9. The van der Waals surface area contributed by atoms with Crippen molar-refractivity contribution in [3.8, 4) is 0 Å². The Balaban J connectivity index is 4.54. The van der Waals surface area contributed by atoms with E-state index in [-0.39, 0.29) is 24.9 Å². The molecule has 3 N–H and O–H groups in total. The fourth-order valence-corrected chi connectivity index (χ4v) is 7.37. The topological polar surface area (TPSA) is 95.9 Å². The van der Waals surface area contributed by atoms with Gasteiger partial charge in [0, 0.05) is 6.42 Å². The number of allylic oxidation sites excluding steroid dienone is 4. The molecule has 55 heavy (non-hydrogen) atoms. The minimum Gasteiger partial charge on any atom is -0.462 e. The average Bonchev–Trinajstić information content (AvgIpc) is 3.18. The number of hydrogen-bond acceptors (Lipinski definition) is 5. The lowest BCUT2D eigenvalue weighted by molar-refractivity contribution is -0.150. The molecular formula is C49H93NO5. The molecule has 0 saturated heterocycles. The molecule has 0 radical (unpaired) electrons. The van der Waals surface area contributed by atoms with Crippen molar-refractivity contribution >= 4 is 11.9 Å². The van der Waals surface area contributed by atoms with E-state index in [1.807, 2.05) is 6.08 Å². The molecule has 0 fully saturated rings. The number of aliphatic hydroxyl groups excluding tert-OH is 2. The highest BCUT2D eigenvalue weighted by atomic mass is 16.5. The van der Waals surface area contributed by atoms with Crippen LogP contribution in [-0.4, -0.2) is 46.9 Å². The summed E-state index contributed by atoms with van der Waals surface area (Å²) in [5.74, 6) is -0.547. The van der Waals surface area contributed by atoms with E-state index in [0.717, 1.165) is 51.4 Å². The van der Waals surface area contributed by atoms with E-state index in [1.54, 1.807) is 0 Å². The molecule has 0 aliphatic rings. The summed E-state index contributed by atoms with van der Waals surface area (Å²) in [5.41, 5.74) is 0. The van der Waals surface area contributed by atoms with Gasteiger partial charge in [-0.2, -0.15) is 0 Å². The van der Waals surface area contributed by atoms with Crippen molar-refractivity contribution in [3.05, 3.63) is 24.3 Å². The van der Waals surface area contributed by atoms with Gasteiger partial charge in [0.1, 0.15) is 6.10 Å². The molecule has 324 valence electrons. The molecule has 3 unspecified atom stereocenters. The molecule has 0 aliphatic heterocycles. The summed E-state index contributed by atoms with van der Waals surface area (Å²) in [6, 6.07) is -0.705. The van der Waals surface area contributed by atoms with E-state index < -0.39 is 18.2 Å². The molecule has 0 bridgehead atoms. The summed E-state index contributed by atoms with van der Waals surface area (Å²) in [7, 11) is 0. The van der Waals surface area contributed by atoms with Gasteiger partial charge in [0.15, 0.2) is 0 Å². The lowest BCUT2D eigenvalue weighted by Crippen LogP contribution is -2.46. The molecule has 6 nitrogen and oxygen atoms in total. The standard InChI is InChI=1S/C49H93NO5/c1-4-7-10-13-16-19-21-23-25-26-29-32-35-38-41-47(52)46(44-51)50-48(53)43-45(40-37-34-31-28-18-15-12-9-6-3)55-49(54)42-39-36-33-30-27-24-22-20-17-14-11-8-5-2/h24,27,33,36,45-47,51-52H,4-23,25-26,28-32,34-35,37-44H2,1-3H3,(H,50,53)/b27-24-,36-33+. The minimum atomic E-state index is -0.790. The first kappa shape index (κ1) is 53.3. The molecule has 0 heterocycles. The zero-order valence-corrected chi connectivity index (χ0v) is 36.8. The van der Waals surface area contributed by atoms with Gasteiger partial charge in [-0.05, 0) is 44.9 Å². The summed E-state index contributed by atoms with van der Waals surface area (Å²) < 4.78 is 5.86. The number of rotatable bonds is 43. The van der Waals surface area contributed by atoms with Crippen molar-refractivity contribution in [3.63, 3.8) is 0 Å². The molecule has 0 aliphatic carbocycles. The number of carbonyl (C=O) groups is 2. The van der Waals surface area contributed by atoms with Crippen molar-refractivity contribution in [2.75, 3.05) is 6.61 Å². The zero-order chi connectivity index (χ0) is 40.3.